The Morgan fingerprint density at radius 2 is 1.89 bits per heavy atom. The van der Waals surface area contributed by atoms with E-state index in [9.17, 15) is 0 Å². The summed E-state index contributed by atoms with van der Waals surface area (Å²) in [6.45, 7) is 10.8. The van der Waals surface area contributed by atoms with Crippen LogP contribution in [0, 0.1) is 6.92 Å². The second kappa shape index (κ2) is 5.85. The summed E-state index contributed by atoms with van der Waals surface area (Å²) in [6.07, 6.45) is 0.936. The number of rotatable bonds is 5. The number of aryl methyl sites for hydroxylation is 1. The SMILES string of the molecule is CNC(CC(C)(C)N)c1cc(C(C)C)ccc1C. The number of hydrogen-bond donors (Lipinski definition) is 2. The normalized spacial score (nSPS) is 14.0. The lowest BCUT2D eigenvalue weighted by Gasteiger charge is -2.27. The molecule has 0 spiro atoms. The largest absolute Gasteiger partial charge is 0.325 e. The summed E-state index contributed by atoms with van der Waals surface area (Å²) in [7, 11) is 2.01. The molecule has 0 aromatic heterocycles. The zero-order valence-corrected chi connectivity index (χ0v) is 12.7. The summed E-state index contributed by atoms with van der Waals surface area (Å²) < 4.78 is 0. The summed E-state index contributed by atoms with van der Waals surface area (Å²) >= 11 is 0. The van der Waals surface area contributed by atoms with Crippen molar-refractivity contribution in [3.8, 4) is 0 Å². The third-order valence-electron chi connectivity index (χ3n) is 3.42. The van der Waals surface area contributed by atoms with Crippen LogP contribution in [0.25, 0.3) is 0 Å². The van der Waals surface area contributed by atoms with E-state index in [1.807, 2.05) is 7.05 Å². The number of nitrogens with two attached hydrogens (primary N) is 1. The minimum Gasteiger partial charge on any atom is -0.325 e. The van der Waals surface area contributed by atoms with Gasteiger partial charge in [-0.05, 0) is 56.8 Å². The minimum absolute atomic E-state index is 0.159. The molecule has 1 aromatic carbocycles. The van der Waals surface area contributed by atoms with Gasteiger partial charge in [-0.3, -0.25) is 0 Å². The van der Waals surface area contributed by atoms with Crippen LogP contribution in [0.5, 0.6) is 0 Å². The topological polar surface area (TPSA) is 38.0 Å². The highest BCUT2D eigenvalue weighted by atomic mass is 14.9. The second-order valence-corrected chi connectivity index (χ2v) is 6.30. The first-order valence-corrected chi connectivity index (χ1v) is 6.81. The Balaban J connectivity index is 3.08. The Kier molecular flexibility index (Phi) is 4.94. The van der Waals surface area contributed by atoms with Gasteiger partial charge in [0.25, 0.3) is 0 Å². The number of benzene rings is 1. The first kappa shape index (κ1) is 15.2. The Morgan fingerprint density at radius 3 is 2.33 bits per heavy atom. The van der Waals surface area contributed by atoms with Gasteiger partial charge in [-0.15, -0.1) is 0 Å². The van der Waals surface area contributed by atoms with Crippen molar-refractivity contribution in [3.63, 3.8) is 0 Å². The molecule has 0 heterocycles. The van der Waals surface area contributed by atoms with E-state index >= 15 is 0 Å². The highest BCUT2D eigenvalue weighted by molar-refractivity contribution is 5.35. The molecule has 2 nitrogen and oxygen atoms in total. The van der Waals surface area contributed by atoms with Gasteiger partial charge in [0.05, 0.1) is 0 Å². The van der Waals surface area contributed by atoms with Crippen molar-refractivity contribution in [1.82, 2.24) is 5.32 Å². The monoisotopic (exact) mass is 248 g/mol. The Hall–Kier alpha value is -0.860. The maximum Gasteiger partial charge on any atom is 0.0337 e. The van der Waals surface area contributed by atoms with E-state index in [0.29, 0.717) is 12.0 Å². The fourth-order valence-electron chi connectivity index (χ4n) is 2.29. The van der Waals surface area contributed by atoms with Crippen molar-refractivity contribution in [1.29, 1.82) is 0 Å². The van der Waals surface area contributed by atoms with Crippen LogP contribution >= 0.6 is 0 Å². The van der Waals surface area contributed by atoms with Gasteiger partial charge in [-0.2, -0.15) is 0 Å². The molecule has 2 heteroatoms. The van der Waals surface area contributed by atoms with E-state index in [2.05, 4.69) is 58.1 Å². The molecular weight excluding hydrogens is 220 g/mol. The molecule has 102 valence electrons. The Labute approximate surface area is 112 Å². The van der Waals surface area contributed by atoms with Crippen molar-refractivity contribution < 1.29 is 0 Å². The third kappa shape index (κ3) is 4.11. The van der Waals surface area contributed by atoms with Gasteiger partial charge < -0.3 is 11.1 Å². The van der Waals surface area contributed by atoms with Crippen LogP contribution in [0.15, 0.2) is 18.2 Å². The van der Waals surface area contributed by atoms with Crippen LogP contribution in [-0.4, -0.2) is 12.6 Å². The molecule has 3 N–H and O–H groups in total. The minimum atomic E-state index is -0.159. The molecule has 1 rings (SSSR count). The first-order chi connectivity index (χ1) is 8.24. The average molecular weight is 248 g/mol. The molecule has 0 amide bonds. The quantitative estimate of drug-likeness (QED) is 0.837. The van der Waals surface area contributed by atoms with E-state index in [1.54, 1.807) is 0 Å². The zero-order chi connectivity index (χ0) is 13.9. The summed E-state index contributed by atoms with van der Waals surface area (Å²) in [4.78, 5) is 0. The maximum atomic E-state index is 6.16. The van der Waals surface area contributed by atoms with Gasteiger partial charge in [0.1, 0.15) is 0 Å². The van der Waals surface area contributed by atoms with Crippen molar-refractivity contribution in [2.45, 2.75) is 58.5 Å². The summed E-state index contributed by atoms with van der Waals surface area (Å²) in [5.41, 5.74) is 10.1. The zero-order valence-electron chi connectivity index (χ0n) is 12.7. The Bertz CT molecular complexity index is 389. The average Bonchev–Trinajstić information content (AvgIpc) is 2.25. The van der Waals surface area contributed by atoms with Crippen molar-refractivity contribution in [2.24, 2.45) is 5.73 Å². The number of hydrogen-bond acceptors (Lipinski definition) is 2. The maximum absolute atomic E-state index is 6.16. The van der Waals surface area contributed by atoms with E-state index in [4.69, 9.17) is 5.73 Å². The molecule has 18 heavy (non-hydrogen) atoms. The first-order valence-electron chi connectivity index (χ1n) is 6.81. The van der Waals surface area contributed by atoms with Gasteiger partial charge in [0.15, 0.2) is 0 Å². The molecule has 0 saturated heterocycles. The van der Waals surface area contributed by atoms with E-state index in [-0.39, 0.29) is 5.54 Å². The molecule has 0 aliphatic heterocycles. The standard InChI is InChI=1S/C16H28N2/c1-11(2)13-8-7-12(3)14(9-13)15(18-6)10-16(4,5)17/h7-9,11,15,18H,10,17H2,1-6H3. The van der Waals surface area contributed by atoms with Crippen LogP contribution in [0.4, 0.5) is 0 Å². The highest BCUT2D eigenvalue weighted by Gasteiger charge is 2.21. The molecule has 0 aliphatic carbocycles. The molecule has 1 unspecified atom stereocenters. The molecule has 0 fully saturated rings. The molecule has 0 aliphatic rings. The van der Waals surface area contributed by atoms with Crippen LogP contribution < -0.4 is 11.1 Å². The van der Waals surface area contributed by atoms with Gasteiger partial charge in [0, 0.05) is 11.6 Å². The van der Waals surface area contributed by atoms with E-state index in [0.717, 1.165) is 6.42 Å². The van der Waals surface area contributed by atoms with Crippen LogP contribution in [0.3, 0.4) is 0 Å². The molecule has 1 atom stereocenters. The second-order valence-electron chi connectivity index (χ2n) is 6.30. The van der Waals surface area contributed by atoms with Gasteiger partial charge in [0.2, 0.25) is 0 Å². The van der Waals surface area contributed by atoms with E-state index in [1.165, 1.54) is 16.7 Å². The molecule has 0 bridgehead atoms. The Morgan fingerprint density at radius 1 is 1.28 bits per heavy atom. The van der Waals surface area contributed by atoms with Gasteiger partial charge >= 0.3 is 0 Å². The third-order valence-corrected chi connectivity index (χ3v) is 3.42. The smallest absolute Gasteiger partial charge is 0.0337 e. The summed E-state index contributed by atoms with van der Waals surface area (Å²) in [5, 5.41) is 3.40. The van der Waals surface area contributed by atoms with Crippen LogP contribution in [-0.2, 0) is 0 Å². The fourth-order valence-corrected chi connectivity index (χ4v) is 2.29. The van der Waals surface area contributed by atoms with Crippen molar-refractivity contribution in [2.75, 3.05) is 7.05 Å². The predicted octanol–water partition coefficient (Wildman–Crippen LogP) is 3.51. The highest BCUT2D eigenvalue weighted by Crippen LogP contribution is 2.27. The fraction of sp³-hybridized carbons (Fsp3) is 0.625. The predicted molar refractivity (Wildman–Crippen MR) is 80.0 cm³/mol. The molecular formula is C16H28N2. The molecule has 1 aromatic rings. The van der Waals surface area contributed by atoms with Crippen LogP contribution in [0.2, 0.25) is 0 Å². The lowest BCUT2D eigenvalue weighted by atomic mass is 9.88. The molecule has 0 saturated carbocycles. The lowest BCUT2D eigenvalue weighted by Crippen LogP contribution is -2.37. The van der Waals surface area contributed by atoms with E-state index < -0.39 is 0 Å². The summed E-state index contributed by atoms with van der Waals surface area (Å²) in [5.74, 6) is 0.563. The van der Waals surface area contributed by atoms with Crippen molar-refractivity contribution in [3.05, 3.63) is 34.9 Å². The van der Waals surface area contributed by atoms with Gasteiger partial charge in [-0.25, -0.2) is 0 Å². The number of nitrogens with one attached hydrogen (secondary N) is 1. The molecule has 0 radical (unpaired) electrons. The lowest BCUT2D eigenvalue weighted by molar-refractivity contribution is 0.395. The van der Waals surface area contributed by atoms with Crippen molar-refractivity contribution >= 4 is 0 Å². The summed E-state index contributed by atoms with van der Waals surface area (Å²) in [6, 6.07) is 7.10. The van der Waals surface area contributed by atoms with Gasteiger partial charge in [-0.1, -0.05) is 32.0 Å². The van der Waals surface area contributed by atoms with Crippen LogP contribution in [0.1, 0.15) is 62.8 Å².